The van der Waals surface area contributed by atoms with Crippen LogP contribution in [0.5, 0.6) is 0 Å². The third kappa shape index (κ3) is 7.45. The third-order valence-electron chi connectivity index (χ3n) is 5.65. The van der Waals surface area contributed by atoms with Gasteiger partial charge < -0.3 is 20.3 Å². The number of hydrogen-bond donors (Lipinski definition) is 3. The first kappa shape index (κ1) is 22.8. The van der Waals surface area contributed by atoms with Crippen LogP contribution in [0, 0.1) is 0 Å². The van der Waals surface area contributed by atoms with Crippen molar-refractivity contribution in [2.45, 2.75) is 44.2 Å². The van der Waals surface area contributed by atoms with Gasteiger partial charge in [0, 0.05) is 51.6 Å². The van der Waals surface area contributed by atoms with Crippen molar-refractivity contribution in [1.29, 1.82) is 0 Å². The number of para-hydroxylation sites is 1. The van der Waals surface area contributed by atoms with E-state index in [1.54, 1.807) is 7.05 Å². The van der Waals surface area contributed by atoms with Crippen molar-refractivity contribution >= 4 is 21.7 Å². The Balaban J connectivity index is 1.34. The molecule has 0 aliphatic carbocycles. The second kappa shape index (κ2) is 11.5. The Morgan fingerprint density at radius 1 is 1.17 bits per heavy atom. The number of nitrogens with zero attached hydrogens (tertiary/aromatic N) is 2. The predicted molar refractivity (Wildman–Crippen MR) is 122 cm³/mol. The summed E-state index contributed by atoms with van der Waals surface area (Å²) in [5.41, 5.74) is 1.26. The van der Waals surface area contributed by atoms with Crippen LogP contribution in [0.2, 0.25) is 0 Å². The van der Waals surface area contributed by atoms with Gasteiger partial charge in [0.1, 0.15) is 0 Å². The van der Waals surface area contributed by atoms with Crippen LogP contribution >= 0.6 is 0 Å². The molecule has 2 heterocycles. The molecule has 2 saturated heterocycles. The number of piperidine rings is 1. The van der Waals surface area contributed by atoms with Crippen LogP contribution in [0.3, 0.4) is 0 Å². The highest BCUT2D eigenvalue weighted by Crippen LogP contribution is 2.19. The molecule has 168 valence electrons. The fourth-order valence-electron chi connectivity index (χ4n) is 3.87. The minimum Gasteiger partial charge on any atom is -0.377 e. The van der Waals surface area contributed by atoms with Crippen LogP contribution in [0.1, 0.15) is 32.1 Å². The molecule has 9 heteroatoms. The second-order valence-electron chi connectivity index (χ2n) is 7.90. The zero-order valence-corrected chi connectivity index (χ0v) is 18.7. The summed E-state index contributed by atoms with van der Waals surface area (Å²) in [5.74, 6) is 0.659. The molecule has 2 aliphatic rings. The van der Waals surface area contributed by atoms with Gasteiger partial charge in [-0.3, -0.25) is 4.99 Å². The second-order valence-corrected chi connectivity index (χ2v) is 9.82. The molecule has 0 saturated carbocycles. The van der Waals surface area contributed by atoms with Crippen molar-refractivity contribution < 1.29 is 13.2 Å². The van der Waals surface area contributed by atoms with Gasteiger partial charge in [0.2, 0.25) is 10.0 Å². The number of rotatable bonds is 8. The Hall–Kier alpha value is -1.84. The molecule has 1 aromatic rings. The van der Waals surface area contributed by atoms with Crippen LogP contribution in [0.25, 0.3) is 0 Å². The Kier molecular flexibility index (Phi) is 8.77. The Bertz CT molecular complexity index is 758. The maximum atomic E-state index is 12.2. The van der Waals surface area contributed by atoms with Gasteiger partial charge in [-0.25, -0.2) is 13.1 Å². The summed E-state index contributed by atoms with van der Waals surface area (Å²) in [5, 5.41) is 6.55. The number of ether oxygens (including phenoxy) is 1. The Labute approximate surface area is 180 Å². The molecule has 3 rings (SSSR count). The van der Waals surface area contributed by atoms with E-state index in [4.69, 9.17) is 4.74 Å². The molecule has 1 unspecified atom stereocenters. The quantitative estimate of drug-likeness (QED) is 0.419. The molecule has 0 amide bonds. The van der Waals surface area contributed by atoms with E-state index in [1.807, 2.05) is 6.07 Å². The maximum Gasteiger partial charge on any atom is 0.213 e. The van der Waals surface area contributed by atoms with E-state index in [-0.39, 0.29) is 11.9 Å². The maximum absolute atomic E-state index is 12.2. The van der Waals surface area contributed by atoms with Crippen molar-refractivity contribution in [1.82, 2.24) is 15.4 Å². The van der Waals surface area contributed by atoms with Gasteiger partial charge in [0.15, 0.2) is 5.96 Å². The molecule has 3 N–H and O–H groups in total. The summed E-state index contributed by atoms with van der Waals surface area (Å²) in [6.07, 6.45) is 5.09. The molecular weight excluding hydrogens is 402 g/mol. The van der Waals surface area contributed by atoms with Crippen molar-refractivity contribution in [2.24, 2.45) is 4.99 Å². The summed E-state index contributed by atoms with van der Waals surface area (Å²) in [4.78, 5) is 6.64. The number of aliphatic imine (C=N–C) groups is 1. The first-order chi connectivity index (χ1) is 14.6. The summed E-state index contributed by atoms with van der Waals surface area (Å²) < 4.78 is 32.7. The van der Waals surface area contributed by atoms with Crippen LogP contribution in [0.4, 0.5) is 5.69 Å². The van der Waals surface area contributed by atoms with Gasteiger partial charge in [-0.2, -0.15) is 0 Å². The molecule has 30 heavy (non-hydrogen) atoms. The van der Waals surface area contributed by atoms with Gasteiger partial charge in [-0.05, 0) is 44.2 Å². The van der Waals surface area contributed by atoms with E-state index in [9.17, 15) is 8.42 Å². The topological polar surface area (TPSA) is 95.1 Å². The molecule has 0 radical (unpaired) electrons. The van der Waals surface area contributed by atoms with E-state index in [0.29, 0.717) is 25.1 Å². The van der Waals surface area contributed by atoms with E-state index in [2.05, 4.69) is 49.5 Å². The number of nitrogens with one attached hydrogen (secondary N) is 3. The van der Waals surface area contributed by atoms with Crippen LogP contribution in [-0.2, 0) is 14.8 Å². The molecule has 0 bridgehead atoms. The zero-order valence-electron chi connectivity index (χ0n) is 17.8. The lowest BCUT2D eigenvalue weighted by molar-refractivity contribution is 0.0200. The fraction of sp³-hybridized carbons (Fsp3) is 0.667. The SMILES string of the molecule is CN=C(NCCS(=O)(=O)NCC1CCCCO1)NC1CCN(c2ccccc2)CC1. The van der Waals surface area contributed by atoms with Gasteiger partial charge in [0.05, 0.1) is 11.9 Å². The van der Waals surface area contributed by atoms with Crippen molar-refractivity contribution in [2.75, 3.05) is 50.5 Å². The smallest absolute Gasteiger partial charge is 0.213 e. The Morgan fingerprint density at radius 3 is 2.60 bits per heavy atom. The predicted octanol–water partition coefficient (Wildman–Crippen LogP) is 1.31. The Morgan fingerprint density at radius 2 is 1.93 bits per heavy atom. The number of anilines is 1. The third-order valence-corrected chi connectivity index (χ3v) is 7.00. The number of sulfonamides is 1. The van der Waals surface area contributed by atoms with E-state index in [1.165, 1.54) is 5.69 Å². The van der Waals surface area contributed by atoms with Crippen molar-refractivity contribution in [3.63, 3.8) is 0 Å². The van der Waals surface area contributed by atoms with Gasteiger partial charge in [0.25, 0.3) is 0 Å². The average Bonchev–Trinajstić information content (AvgIpc) is 2.79. The number of benzene rings is 1. The van der Waals surface area contributed by atoms with Crippen LogP contribution in [-0.4, -0.2) is 72.1 Å². The molecule has 8 nitrogen and oxygen atoms in total. The number of hydrogen-bond acceptors (Lipinski definition) is 5. The monoisotopic (exact) mass is 437 g/mol. The van der Waals surface area contributed by atoms with Crippen LogP contribution in [0.15, 0.2) is 35.3 Å². The molecule has 2 fully saturated rings. The highest BCUT2D eigenvalue weighted by Gasteiger charge is 2.21. The highest BCUT2D eigenvalue weighted by molar-refractivity contribution is 7.89. The van der Waals surface area contributed by atoms with E-state index in [0.717, 1.165) is 51.8 Å². The zero-order chi connectivity index (χ0) is 21.2. The molecule has 1 aromatic carbocycles. The largest absolute Gasteiger partial charge is 0.377 e. The van der Waals surface area contributed by atoms with Crippen molar-refractivity contribution in [3.05, 3.63) is 30.3 Å². The summed E-state index contributed by atoms with van der Waals surface area (Å²) in [6.45, 7) is 3.36. The first-order valence-electron chi connectivity index (χ1n) is 10.9. The molecule has 0 spiro atoms. The summed E-state index contributed by atoms with van der Waals surface area (Å²) in [7, 11) is -1.63. The minimum absolute atomic E-state index is 0.00216. The van der Waals surface area contributed by atoms with Crippen molar-refractivity contribution in [3.8, 4) is 0 Å². The first-order valence-corrected chi connectivity index (χ1v) is 12.6. The number of guanidine groups is 1. The average molecular weight is 438 g/mol. The molecule has 2 aliphatic heterocycles. The lowest BCUT2D eigenvalue weighted by Gasteiger charge is -2.34. The molecule has 1 atom stereocenters. The minimum atomic E-state index is -3.34. The molecule has 0 aromatic heterocycles. The van der Waals surface area contributed by atoms with E-state index >= 15 is 0 Å². The van der Waals surface area contributed by atoms with Gasteiger partial charge in [-0.1, -0.05) is 18.2 Å². The normalized spacial score (nSPS) is 21.4. The molecular formula is C21H35N5O3S. The van der Waals surface area contributed by atoms with E-state index < -0.39 is 10.0 Å². The van der Waals surface area contributed by atoms with Gasteiger partial charge in [-0.15, -0.1) is 0 Å². The summed E-state index contributed by atoms with van der Waals surface area (Å²) in [6, 6.07) is 10.8. The lowest BCUT2D eigenvalue weighted by atomic mass is 10.0. The highest BCUT2D eigenvalue weighted by atomic mass is 32.2. The lowest BCUT2D eigenvalue weighted by Crippen LogP contribution is -2.49. The summed E-state index contributed by atoms with van der Waals surface area (Å²) >= 11 is 0. The van der Waals surface area contributed by atoms with Gasteiger partial charge >= 0.3 is 0 Å². The standard InChI is InChI=1S/C21H35N5O3S/c1-22-21(23-12-16-30(27,28)24-17-20-9-5-6-15-29-20)25-18-10-13-26(14-11-18)19-7-3-2-4-8-19/h2-4,7-8,18,20,24H,5-6,9-17H2,1H3,(H2,22,23,25). The van der Waals surface area contributed by atoms with Crippen LogP contribution < -0.4 is 20.3 Å². The fourth-order valence-corrected chi connectivity index (χ4v) is 4.83.